The van der Waals surface area contributed by atoms with E-state index in [1.807, 2.05) is 0 Å². The Labute approximate surface area is 131 Å². The maximum Gasteiger partial charge on any atom is 0.338 e. The molecule has 1 aromatic heterocycles. The van der Waals surface area contributed by atoms with Gasteiger partial charge in [0, 0.05) is 10.9 Å². The van der Waals surface area contributed by atoms with Crippen LogP contribution in [0.25, 0.3) is 0 Å². The van der Waals surface area contributed by atoms with Crippen LogP contribution >= 0.6 is 11.3 Å². The van der Waals surface area contributed by atoms with Gasteiger partial charge in [0.25, 0.3) is 0 Å². The molecule has 0 atom stereocenters. The van der Waals surface area contributed by atoms with Crippen molar-refractivity contribution in [2.75, 3.05) is 6.61 Å². The van der Waals surface area contributed by atoms with Gasteiger partial charge in [-0.25, -0.2) is 18.4 Å². The van der Waals surface area contributed by atoms with Crippen LogP contribution in [0.5, 0.6) is 0 Å². The number of rotatable bonds is 5. The van der Waals surface area contributed by atoms with Crippen LogP contribution in [0.2, 0.25) is 0 Å². The van der Waals surface area contributed by atoms with Gasteiger partial charge in [-0.15, -0.1) is 11.3 Å². The summed E-state index contributed by atoms with van der Waals surface area (Å²) < 4.78 is 27.3. The topological polar surface area (TPSA) is 104 Å². The highest BCUT2D eigenvalue weighted by Crippen LogP contribution is 2.21. The molecule has 0 amide bonds. The number of carbonyl (C=O) groups is 2. The van der Waals surface area contributed by atoms with E-state index < -0.39 is 16.0 Å². The second-order valence-electron chi connectivity index (χ2n) is 4.32. The number of sulfonamides is 1. The molecule has 1 heterocycles. The van der Waals surface area contributed by atoms with Crippen molar-refractivity contribution in [3.05, 3.63) is 51.7 Å². The minimum Gasteiger partial charge on any atom is -0.462 e. The Morgan fingerprint density at radius 1 is 1.18 bits per heavy atom. The molecule has 0 fully saturated rings. The third-order valence-electron chi connectivity index (χ3n) is 2.79. The van der Waals surface area contributed by atoms with Crippen molar-refractivity contribution in [3.8, 4) is 0 Å². The van der Waals surface area contributed by atoms with Gasteiger partial charge in [0.2, 0.25) is 15.8 Å². The van der Waals surface area contributed by atoms with E-state index in [1.165, 1.54) is 35.7 Å². The number of carbonyl (C=O) groups excluding carboxylic acids is 2. The summed E-state index contributed by atoms with van der Waals surface area (Å²) in [5.74, 6) is -0.801. The average Bonchev–Trinajstić information content (AvgIpc) is 2.97. The Bertz CT molecular complexity index is 806. The van der Waals surface area contributed by atoms with Gasteiger partial charge >= 0.3 is 5.97 Å². The summed E-state index contributed by atoms with van der Waals surface area (Å²) in [5.41, 5.74) is 0.686. The van der Waals surface area contributed by atoms with Crippen molar-refractivity contribution >= 4 is 33.1 Å². The standard InChI is InChI=1S/C14H13NO5S2/c1-2-20-14(17)10-5-3-9(4-6-10)13(16)12-7-11(8-21-12)22(15,18)19/h3-8H,2H2,1H3,(H2,15,18,19). The van der Waals surface area contributed by atoms with Gasteiger partial charge in [-0.05, 0) is 25.1 Å². The zero-order valence-corrected chi connectivity index (χ0v) is 13.2. The summed E-state index contributed by atoms with van der Waals surface area (Å²) in [6.07, 6.45) is 0. The molecule has 1 aromatic carbocycles. The van der Waals surface area contributed by atoms with Crippen LogP contribution in [0.15, 0.2) is 40.6 Å². The maximum absolute atomic E-state index is 12.3. The zero-order chi connectivity index (χ0) is 16.3. The molecule has 8 heteroatoms. The quantitative estimate of drug-likeness (QED) is 0.661. The second kappa shape index (κ2) is 6.39. The van der Waals surface area contributed by atoms with E-state index >= 15 is 0 Å². The molecule has 6 nitrogen and oxygen atoms in total. The van der Waals surface area contributed by atoms with Crippen molar-refractivity contribution in [1.29, 1.82) is 0 Å². The fraction of sp³-hybridized carbons (Fsp3) is 0.143. The molecule has 2 aromatic rings. The predicted molar refractivity (Wildman–Crippen MR) is 81.5 cm³/mol. The zero-order valence-electron chi connectivity index (χ0n) is 11.6. The Morgan fingerprint density at radius 2 is 1.77 bits per heavy atom. The number of thiophene rings is 1. The van der Waals surface area contributed by atoms with Gasteiger partial charge in [0.1, 0.15) is 0 Å². The maximum atomic E-state index is 12.3. The highest BCUT2D eigenvalue weighted by atomic mass is 32.2. The summed E-state index contributed by atoms with van der Waals surface area (Å²) in [6.45, 7) is 1.97. The van der Waals surface area contributed by atoms with E-state index in [4.69, 9.17) is 9.88 Å². The number of nitrogens with two attached hydrogens (primary N) is 1. The third kappa shape index (κ3) is 3.59. The van der Waals surface area contributed by atoms with Crippen LogP contribution in [0, 0.1) is 0 Å². The van der Waals surface area contributed by atoms with Crippen LogP contribution in [0.1, 0.15) is 32.5 Å². The largest absolute Gasteiger partial charge is 0.462 e. The normalized spacial score (nSPS) is 11.2. The van der Waals surface area contributed by atoms with E-state index in [0.717, 1.165) is 11.3 Å². The monoisotopic (exact) mass is 339 g/mol. The van der Waals surface area contributed by atoms with E-state index in [0.29, 0.717) is 11.1 Å². The van der Waals surface area contributed by atoms with E-state index in [1.54, 1.807) is 6.92 Å². The van der Waals surface area contributed by atoms with E-state index in [2.05, 4.69) is 0 Å². The van der Waals surface area contributed by atoms with Crippen LogP contribution in [-0.2, 0) is 14.8 Å². The van der Waals surface area contributed by atoms with Crippen molar-refractivity contribution in [1.82, 2.24) is 0 Å². The van der Waals surface area contributed by atoms with Crippen LogP contribution in [0.3, 0.4) is 0 Å². The fourth-order valence-electron chi connectivity index (χ4n) is 1.70. The first-order valence-corrected chi connectivity index (χ1v) is 8.68. The number of esters is 1. The van der Waals surface area contributed by atoms with Crippen molar-refractivity contribution in [2.24, 2.45) is 5.14 Å². The molecule has 2 N–H and O–H groups in total. The smallest absolute Gasteiger partial charge is 0.338 e. The lowest BCUT2D eigenvalue weighted by Gasteiger charge is -2.02. The number of primary sulfonamides is 1. The van der Waals surface area contributed by atoms with E-state index in [-0.39, 0.29) is 22.2 Å². The molecule has 0 bridgehead atoms. The molecule has 0 unspecified atom stereocenters. The first-order chi connectivity index (χ1) is 10.3. The molecule has 116 valence electrons. The molecular weight excluding hydrogens is 326 g/mol. The summed E-state index contributed by atoms with van der Waals surface area (Å²) in [4.78, 5) is 23.9. The first kappa shape index (κ1) is 16.3. The van der Waals surface area contributed by atoms with Crippen molar-refractivity contribution in [3.63, 3.8) is 0 Å². The van der Waals surface area contributed by atoms with Gasteiger partial charge in [-0.1, -0.05) is 12.1 Å². The fourth-order valence-corrected chi connectivity index (χ4v) is 3.47. The van der Waals surface area contributed by atoms with Gasteiger partial charge in [0.15, 0.2) is 0 Å². The number of benzene rings is 1. The number of hydrogen-bond donors (Lipinski definition) is 1. The van der Waals surface area contributed by atoms with E-state index in [9.17, 15) is 18.0 Å². The minimum atomic E-state index is -3.82. The lowest BCUT2D eigenvalue weighted by atomic mass is 10.1. The SMILES string of the molecule is CCOC(=O)c1ccc(C(=O)c2cc(S(N)(=O)=O)cs2)cc1. The van der Waals surface area contributed by atoms with Crippen LogP contribution < -0.4 is 5.14 Å². The highest BCUT2D eigenvalue weighted by molar-refractivity contribution is 7.89. The molecule has 0 aliphatic heterocycles. The second-order valence-corrected chi connectivity index (χ2v) is 6.79. The Balaban J connectivity index is 2.23. The van der Waals surface area contributed by atoms with Crippen LogP contribution in [-0.4, -0.2) is 26.8 Å². The third-order valence-corrected chi connectivity index (χ3v) is 4.76. The first-order valence-electron chi connectivity index (χ1n) is 6.26. The lowest BCUT2D eigenvalue weighted by Crippen LogP contribution is -2.11. The van der Waals surface area contributed by atoms with Gasteiger partial charge in [0.05, 0.1) is 21.9 Å². The summed E-state index contributed by atoms with van der Waals surface area (Å²) in [7, 11) is -3.82. The number of ether oxygens (including phenoxy) is 1. The molecule has 22 heavy (non-hydrogen) atoms. The Morgan fingerprint density at radius 3 is 2.27 bits per heavy atom. The van der Waals surface area contributed by atoms with Crippen molar-refractivity contribution in [2.45, 2.75) is 11.8 Å². The number of ketones is 1. The predicted octanol–water partition coefficient (Wildman–Crippen LogP) is 1.80. The molecule has 0 radical (unpaired) electrons. The number of hydrogen-bond acceptors (Lipinski definition) is 6. The summed E-state index contributed by atoms with van der Waals surface area (Å²) in [5, 5.41) is 6.32. The van der Waals surface area contributed by atoms with Gasteiger partial charge in [-0.3, -0.25) is 4.79 Å². The molecule has 0 saturated carbocycles. The molecular formula is C14H13NO5S2. The van der Waals surface area contributed by atoms with Gasteiger partial charge in [-0.2, -0.15) is 0 Å². The minimum absolute atomic E-state index is 0.0935. The Kier molecular flexibility index (Phi) is 4.74. The summed E-state index contributed by atoms with van der Waals surface area (Å²) in [6, 6.07) is 7.19. The molecule has 2 rings (SSSR count). The average molecular weight is 339 g/mol. The Hall–Kier alpha value is -2.03. The molecule has 0 aliphatic carbocycles. The molecule has 0 aliphatic rings. The molecule has 0 spiro atoms. The molecule has 0 saturated heterocycles. The summed E-state index contributed by atoms with van der Waals surface area (Å²) >= 11 is 0.998. The van der Waals surface area contributed by atoms with Crippen LogP contribution in [0.4, 0.5) is 0 Å². The van der Waals surface area contributed by atoms with Crippen molar-refractivity contribution < 1.29 is 22.7 Å². The lowest BCUT2D eigenvalue weighted by molar-refractivity contribution is 0.0526. The highest BCUT2D eigenvalue weighted by Gasteiger charge is 2.17. The van der Waals surface area contributed by atoms with Gasteiger partial charge < -0.3 is 4.74 Å².